The molecule has 2 saturated heterocycles. The van der Waals surface area contributed by atoms with Gasteiger partial charge in [0.25, 0.3) is 0 Å². The number of nitrogens with zero attached hydrogens (tertiary/aromatic N) is 4. The van der Waals surface area contributed by atoms with E-state index in [0.29, 0.717) is 19.0 Å². The maximum Gasteiger partial charge on any atom is 0.225 e. The van der Waals surface area contributed by atoms with Crippen LogP contribution >= 0.6 is 0 Å². The Kier molecular flexibility index (Phi) is 3.21. The van der Waals surface area contributed by atoms with Gasteiger partial charge in [0, 0.05) is 32.0 Å². The molecule has 2 aliphatic heterocycles. The molecule has 1 aromatic rings. The molecule has 2 aliphatic rings. The van der Waals surface area contributed by atoms with E-state index in [4.69, 9.17) is 0 Å². The van der Waals surface area contributed by atoms with Crippen molar-refractivity contribution in [3.63, 3.8) is 0 Å². The van der Waals surface area contributed by atoms with Gasteiger partial charge in [0.05, 0.1) is 11.8 Å². The average Bonchev–Trinajstić information content (AvgIpc) is 2.98. The number of aryl methyl sites for hydroxylation is 1. The van der Waals surface area contributed by atoms with Gasteiger partial charge in [-0.05, 0) is 31.7 Å². The van der Waals surface area contributed by atoms with Gasteiger partial charge in [-0.15, -0.1) is 0 Å². The molecule has 0 aliphatic carbocycles. The molecule has 0 N–H and O–H groups in total. The van der Waals surface area contributed by atoms with Crippen LogP contribution in [0.15, 0.2) is 12.4 Å². The quantitative estimate of drug-likeness (QED) is 0.807. The highest BCUT2D eigenvalue weighted by Crippen LogP contribution is 2.39. The predicted molar refractivity (Wildman–Crippen MR) is 77.1 cm³/mol. The molecule has 3 rings (SSSR count). The predicted octanol–water partition coefficient (Wildman–Crippen LogP) is 0.789. The fraction of sp³-hybridized carbons (Fsp3) is 0.692. The minimum absolute atomic E-state index is 0.248. The van der Waals surface area contributed by atoms with Crippen LogP contribution in [0.3, 0.4) is 0 Å². The van der Waals surface area contributed by atoms with Gasteiger partial charge in [0.1, 0.15) is 0 Å². The van der Waals surface area contributed by atoms with Crippen LogP contribution in [0.1, 0.15) is 24.8 Å². The third-order valence-electron chi connectivity index (χ3n) is 4.32. The summed E-state index contributed by atoms with van der Waals surface area (Å²) in [4.78, 5) is 10.8. The van der Waals surface area contributed by atoms with Crippen LogP contribution in [-0.4, -0.2) is 54.1 Å². The first-order chi connectivity index (χ1) is 9.41. The zero-order valence-corrected chi connectivity index (χ0v) is 12.7. The first kappa shape index (κ1) is 13.8. The molecule has 2 fully saturated rings. The van der Waals surface area contributed by atoms with E-state index in [-0.39, 0.29) is 5.54 Å². The zero-order chi connectivity index (χ0) is 14.4. The molecule has 7 heteroatoms. The topological polar surface area (TPSA) is 66.4 Å². The number of hydrogen-bond acceptors (Lipinski definition) is 5. The largest absolute Gasteiger partial charge is 0.339 e. The second kappa shape index (κ2) is 4.66. The second-order valence-corrected chi connectivity index (χ2v) is 7.80. The first-order valence-electron chi connectivity index (χ1n) is 6.92. The van der Waals surface area contributed by atoms with E-state index in [9.17, 15) is 8.42 Å². The Hall–Kier alpha value is -1.21. The van der Waals surface area contributed by atoms with Crippen molar-refractivity contribution < 1.29 is 8.42 Å². The molecule has 6 nitrogen and oxygen atoms in total. The summed E-state index contributed by atoms with van der Waals surface area (Å²) in [6.45, 7) is 4.11. The molecular formula is C13H20N4O2S. The molecule has 0 bridgehead atoms. The van der Waals surface area contributed by atoms with E-state index >= 15 is 0 Å². The summed E-state index contributed by atoms with van der Waals surface area (Å²) in [5, 5.41) is 0. The fourth-order valence-electron chi connectivity index (χ4n) is 3.42. The molecule has 20 heavy (non-hydrogen) atoms. The van der Waals surface area contributed by atoms with Crippen LogP contribution < -0.4 is 4.90 Å². The van der Waals surface area contributed by atoms with Crippen molar-refractivity contribution in [1.82, 2.24) is 14.3 Å². The van der Waals surface area contributed by atoms with Gasteiger partial charge < -0.3 is 4.90 Å². The SMILES string of the molecule is Cc1cnc(N2CCC3(CCCN3S(C)(=O)=O)C2)nc1. The van der Waals surface area contributed by atoms with E-state index in [1.54, 1.807) is 16.7 Å². The molecule has 1 atom stereocenters. The summed E-state index contributed by atoms with van der Waals surface area (Å²) < 4.78 is 25.6. The first-order valence-corrected chi connectivity index (χ1v) is 8.77. The van der Waals surface area contributed by atoms with Crippen molar-refractivity contribution >= 4 is 16.0 Å². The molecule has 3 heterocycles. The van der Waals surface area contributed by atoms with Crippen LogP contribution in [-0.2, 0) is 10.0 Å². The molecule has 0 aromatic carbocycles. The van der Waals surface area contributed by atoms with Crippen LogP contribution in [0.4, 0.5) is 5.95 Å². The van der Waals surface area contributed by atoms with E-state index in [2.05, 4.69) is 14.9 Å². The van der Waals surface area contributed by atoms with E-state index < -0.39 is 10.0 Å². The van der Waals surface area contributed by atoms with Gasteiger partial charge in [-0.25, -0.2) is 18.4 Å². The number of anilines is 1. The Labute approximate surface area is 119 Å². The molecular weight excluding hydrogens is 276 g/mol. The Balaban J connectivity index is 1.84. The summed E-state index contributed by atoms with van der Waals surface area (Å²) in [5.74, 6) is 0.702. The summed E-state index contributed by atoms with van der Waals surface area (Å²) in [5.41, 5.74) is 0.781. The lowest BCUT2D eigenvalue weighted by Gasteiger charge is -2.33. The van der Waals surface area contributed by atoms with Crippen molar-refractivity contribution in [1.29, 1.82) is 0 Å². The van der Waals surface area contributed by atoms with Gasteiger partial charge in [0.15, 0.2) is 0 Å². The van der Waals surface area contributed by atoms with E-state index in [1.807, 2.05) is 6.92 Å². The highest BCUT2D eigenvalue weighted by Gasteiger charge is 2.50. The smallest absolute Gasteiger partial charge is 0.225 e. The molecule has 1 unspecified atom stereocenters. The monoisotopic (exact) mass is 296 g/mol. The Morgan fingerprint density at radius 2 is 1.90 bits per heavy atom. The van der Waals surface area contributed by atoms with Crippen LogP contribution in [0, 0.1) is 6.92 Å². The highest BCUT2D eigenvalue weighted by atomic mass is 32.2. The second-order valence-electron chi connectivity index (χ2n) is 5.89. The molecule has 110 valence electrons. The molecule has 0 amide bonds. The van der Waals surface area contributed by atoms with Crippen molar-refractivity contribution in [3.8, 4) is 0 Å². The maximum atomic E-state index is 12.0. The molecule has 1 aromatic heterocycles. The lowest BCUT2D eigenvalue weighted by Crippen LogP contribution is -2.48. The lowest BCUT2D eigenvalue weighted by molar-refractivity contribution is 0.269. The number of sulfonamides is 1. The molecule has 0 saturated carbocycles. The Bertz CT molecular complexity index is 601. The van der Waals surface area contributed by atoms with E-state index in [1.165, 1.54) is 6.26 Å². The van der Waals surface area contributed by atoms with Crippen molar-refractivity contribution in [3.05, 3.63) is 18.0 Å². The Morgan fingerprint density at radius 3 is 2.55 bits per heavy atom. The Morgan fingerprint density at radius 1 is 1.20 bits per heavy atom. The molecule has 1 spiro atoms. The summed E-state index contributed by atoms with van der Waals surface area (Å²) in [6, 6.07) is 0. The van der Waals surface area contributed by atoms with Crippen LogP contribution in [0.2, 0.25) is 0 Å². The maximum absolute atomic E-state index is 12.0. The van der Waals surface area contributed by atoms with Gasteiger partial charge in [0.2, 0.25) is 16.0 Å². The normalized spacial score (nSPS) is 27.6. The summed E-state index contributed by atoms with van der Waals surface area (Å²) in [6.07, 6.45) is 7.65. The van der Waals surface area contributed by atoms with Crippen LogP contribution in [0.5, 0.6) is 0 Å². The number of rotatable bonds is 2. The zero-order valence-electron chi connectivity index (χ0n) is 11.9. The van der Waals surface area contributed by atoms with Gasteiger partial charge in [-0.2, -0.15) is 4.31 Å². The minimum Gasteiger partial charge on any atom is -0.339 e. The average molecular weight is 296 g/mol. The molecule has 0 radical (unpaired) electrons. The van der Waals surface area contributed by atoms with E-state index in [0.717, 1.165) is 31.4 Å². The van der Waals surface area contributed by atoms with Crippen molar-refractivity contribution in [2.45, 2.75) is 31.7 Å². The summed E-state index contributed by atoms with van der Waals surface area (Å²) in [7, 11) is -3.14. The summed E-state index contributed by atoms with van der Waals surface area (Å²) >= 11 is 0. The fourth-order valence-corrected chi connectivity index (χ4v) is 4.82. The van der Waals surface area contributed by atoms with Gasteiger partial charge in [-0.1, -0.05) is 0 Å². The third-order valence-corrected chi connectivity index (χ3v) is 5.69. The van der Waals surface area contributed by atoms with Gasteiger partial charge in [-0.3, -0.25) is 0 Å². The third kappa shape index (κ3) is 2.29. The lowest BCUT2D eigenvalue weighted by atomic mass is 9.97. The van der Waals surface area contributed by atoms with Gasteiger partial charge >= 0.3 is 0 Å². The minimum atomic E-state index is -3.14. The van der Waals surface area contributed by atoms with Crippen molar-refractivity contribution in [2.24, 2.45) is 0 Å². The standard InChI is InChI=1S/C13H20N4O2S/c1-11-8-14-12(15-9-11)16-7-5-13(10-16)4-3-6-17(13)20(2,18)19/h8-9H,3-7,10H2,1-2H3. The number of hydrogen-bond donors (Lipinski definition) is 0. The van der Waals surface area contributed by atoms with Crippen LogP contribution in [0.25, 0.3) is 0 Å². The highest BCUT2D eigenvalue weighted by molar-refractivity contribution is 7.88. The number of aromatic nitrogens is 2. The van der Waals surface area contributed by atoms with Crippen molar-refractivity contribution in [2.75, 3.05) is 30.8 Å².